The van der Waals surface area contributed by atoms with E-state index in [4.69, 9.17) is 9.97 Å². The zero-order valence-electron chi connectivity index (χ0n) is 13.2. The fraction of sp³-hybridized carbons (Fsp3) is 0.412. The molecule has 0 radical (unpaired) electrons. The molecular formula is C17H22BrN3. The first-order valence-electron chi connectivity index (χ1n) is 7.19. The Kier molecular flexibility index (Phi) is 4.67. The van der Waals surface area contributed by atoms with Crippen molar-refractivity contribution in [2.45, 2.75) is 39.0 Å². The molecule has 0 aliphatic carbocycles. The van der Waals surface area contributed by atoms with E-state index in [9.17, 15) is 0 Å². The summed E-state index contributed by atoms with van der Waals surface area (Å²) in [7, 11) is 1.89. The third-order valence-corrected chi connectivity index (χ3v) is 4.50. The Balaban J connectivity index is 2.61. The van der Waals surface area contributed by atoms with Crippen LogP contribution in [0.2, 0.25) is 0 Å². The number of nitrogens with zero attached hydrogens (tertiary/aromatic N) is 2. The van der Waals surface area contributed by atoms with Crippen molar-refractivity contribution in [3.05, 3.63) is 51.9 Å². The van der Waals surface area contributed by atoms with E-state index < -0.39 is 0 Å². The topological polar surface area (TPSA) is 37.8 Å². The van der Waals surface area contributed by atoms with Crippen LogP contribution in [0.5, 0.6) is 0 Å². The molecule has 0 bridgehead atoms. The van der Waals surface area contributed by atoms with Gasteiger partial charge in [-0.05, 0) is 41.3 Å². The summed E-state index contributed by atoms with van der Waals surface area (Å²) in [6.07, 6.45) is 0. The van der Waals surface area contributed by atoms with Crippen molar-refractivity contribution in [2.24, 2.45) is 0 Å². The van der Waals surface area contributed by atoms with Crippen molar-refractivity contribution in [3.63, 3.8) is 0 Å². The van der Waals surface area contributed by atoms with Crippen LogP contribution in [-0.2, 0) is 5.41 Å². The second kappa shape index (κ2) is 6.14. The first-order valence-corrected chi connectivity index (χ1v) is 7.98. The van der Waals surface area contributed by atoms with Gasteiger partial charge < -0.3 is 5.32 Å². The minimum absolute atomic E-state index is 0.239. The van der Waals surface area contributed by atoms with Crippen LogP contribution in [0.25, 0.3) is 0 Å². The fourth-order valence-electron chi connectivity index (χ4n) is 2.28. The highest BCUT2D eigenvalue weighted by atomic mass is 79.9. The highest BCUT2D eigenvalue weighted by Gasteiger charge is 2.28. The molecule has 4 heteroatoms. The van der Waals surface area contributed by atoms with Crippen LogP contribution < -0.4 is 5.32 Å². The molecule has 0 aliphatic heterocycles. The van der Waals surface area contributed by atoms with Gasteiger partial charge in [-0.25, -0.2) is 9.97 Å². The predicted octanol–water partition coefficient (Wildman–Crippen LogP) is 4.73. The number of rotatable bonds is 4. The van der Waals surface area contributed by atoms with Gasteiger partial charge in [0.25, 0.3) is 0 Å². The summed E-state index contributed by atoms with van der Waals surface area (Å²) in [5.41, 5.74) is 2.01. The van der Waals surface area contributed by atoms with Gasteiger partial charge in [-0.15, -0.1) is 0 Å². The fourth-order valence-corrected chi connectivity index (χ4v) is 3.11. The standard InChI is InChI=1S/C17H22BrN3/c1-11(2)14-13(18)15(19-5)21-16(20-14)17(3,4)12-9-7-6-8-10-12/h6-11H,1-5H3,(H,19,20,21). The lowest BCUT2D eigenvalue weighted by Crippen LogP contribution is -2.24. The molecule has 112 valence electrons. The summed E-state index contributed by atoms with van der Waals surface area (Å²) < 4.78 is 0.951. The van der Waals surface area contributed by atoms with Gasteiger partial charge in [0.1, 0.15) is 11.6 Å². The quantitative estimate of drug-likeness (QED) is 0.868. The van der Waals surface area contributed by atoms with Crippen LogP contribution in [0.4, 0.5) is 5.82 Å². The average molecular weight is 348 g/mol. The summed E-state index contributed by atoms with van der Waals surface area (Å²) in [4.78, 5) is 9.54. The molecular weight excluding hydrogens is 326 g/mol. The summed E-state index contributed by atoms with van der Waals surface area (Å²) in [5.74, 6) is 2.01. The third-order valence-electron chi connectivity index (χ3n) is 3.72. The van der Waals surface area contributed by atoms with Gasteiger partial charge in [0.2, 0.25) is 0 Å². The van der Waals surface area contributed by atoms with Crippen molar-refractivity contribution in [2.75, 3.05) is 12.4 Å². The Morgan fingerprint density at radius 2 is 1.71 bits per heavy atom. The Hall–Kier alpha value is -1.42. The molecule has 1 aromatic carbocycles. The second-order valence-corrected chi connectivity index (χ2v) is 6.78. The lowest BCUT2D eigenvalue weighted by Gasteiger charge is -2.26. The molecule has 1 heterocycles. The van der Waals surface area contributed by atoms with E-state index in [1.54, 1.807) is 0 Å². The second-order valence-electron chi connectivity index (χ2n) is 5.99. The zero-order chi connectivity index (χ0) is 15.6. The van der Waals surface area contributed by atoms with E-state index in [2.05, 4.69) is 73.2 Å². The van der Waals surface area contributed by atoms with E-state index in [0.717, 1.165) is 21.8 Å². The molecule has 0 unspecified atom stereocenters. The zero-order valence-corrected chi connectivity index (χ0v) is 14.8. The predicted molar refractivity (Wildman–Crippen MR) is 91.9 cm³/mol. The van der Waals surface area contributed by atoms with Crippen molar-refractivity contribution in [1.29, 1.82) is 0 Å². The molecule has 3 nitrogen and oxygen atoms in total. The van der Waals surface area contributed by atoms with E-state index in [0.29, 0.717) is 5.92 Å². The maximum atomic E-state index is 4.83. The van der Waals surface area contributed by atoms with Crippen LogP contribution in [0.3, 0.4) is 0 Å². The molecule has 1 N–H and O–H groups in total. The maximum Gasteiger partial charge on any atom is 0.144 e. The van der Waals surface area contributed by atoms with Gasteiger partial charge in [0.15, 0.2) is 0 Å². The third kappa shape index (κ3) is 3.10. The summed E-state index contributed by atoms with van der Waals surface area (Å²) in [6, 6.07) is 10.4. The number of hydrogen-bond donors (Lipinski definition) is 1. The first kappa shape index (κ1) is 16.0. The number of nitrogens with one attached hydrogen (secondary N) is 1. The SMILES string of the molecule is CNc1nc(C(C)(C)c2ccccc2)nc(C(C)C)c1Br. The number of anilines is 1. The highest BCUT2D eigenvalue weighted by molar-refractivity contribution is 9.10. The molecule has 0 atom stereocenters. The van der Waals surface area contributed by atoms with E-state index in [-0.39, 0.29) is 5.41 Å². The number of benzene rings is 1. The molecule has 0 fully saturated rings. The largest absolute Gasteiger partial charge is 0.372 e. The Morgan fingerprint density at radius 1 is 1.10 bits per heavy atom. The monoisotopic (exact) mass is 347 g/mol. The smallest absolute Gasteiger partial charge is 0.144 e. The molecule has 2 aromatic rings. The summed E-state index contributed by atoms with van der Waals surface area (Å²) in [6.45, 7) is 8.61. The minimum Gasteiger partial charge on any atom is -0.372 e. The van der Waals surface area contributed by atoms with Crippen LogP contribution in [0, 0.1) is 0 Å². The highest BCUT2D eigenvalue weighted by Crippen LogP contribution is 2.34. The molecule has 1 aromatic heterocycles. The van der Waals surface area contributed by atoms with Crippen LogP contribution >= 0.6 is 15.9 Å². The van der Waals surface area contributed by atoms with Crippen LogP contribution in [0.1, 0.15) is 50.7 Å². The minimum atomic E-state index is -0.239. The Morgan fingerprint density at radius 3 is 2.24 bits per heavy atom. The van der Waals surface area contributed by atoms with Crippen molar-refractivity contribution in [1.82, 2.24) is 9.97 Å². The van der Waals surface area contributed by atoms with Gasteiger partial charge in [-0.2, -0.15) is 0 Å². The molecule has 2 rings (SSSR count). The summed E-state index contributed by atoms with van der Waals surface area (Å²) >= 11 is 3.61. The average Bonchev–Trinajstić information content (AvgIpc) is 2.47. The van der Waals surface area contributed by atoms with E-state index in [1.807, 2.05) is 13.1 Å². The Bertz CT molecular complexity index is 621. The molecule has 0 saturated heterocycles. The Labute approximate surface area is 135 Å². The van der Waals surface area contributed by atoms with Crippen molar-refractivity contribution in [3.8, 4) is 0 Å². The number of halogens is 1. The van der Waals surface area contributed by atoms with Gasteiger partial charge in [0, 0.05) is 12.5 Å². The van der Waals surface area contributed by atoms with Crippen LogP contribution in [-0.4, -0.2) is 17.0 Å². The van der Waals surface area contributed by atoms with Crippen LogP contribution in [0.15, 0.2) is 34.8 Å². The molecule has 0 amide bonds. The van der Waals surface area contributed by atoms with Crippen molar-refractivity contribution >= 4 is 21.7 Å². The molecule has 0 aliphatic rings. The molecule has 0 saturated carbocycles. The van der Waals surface area contributed by atoms with Gasteiger partial charge in [-0.1, -0.05) is 44.2 Å². The summed E-state index contributed by atoms with van der Waals surface area (Å²) in [5, 5.41) is 3.16. The van der Waals surface area contributed by atoms with E-state index in [1.165, 1.54) is 5.56 Å². The van der Waals surface area contributed by atoms with Gasteiger partial charge in [-0.3, -0.25) is 0 Å². The normalized spacial score (nSPS) is 11.8. The van der Waals surface area contributed by atoms with Gasteiger partial charge >= 0.3 is 0 Å². The number of aromatic nitrogens is 2. The molecule has 0 spiro atoms. The maximum absolute atomic E-state index is 4.83. The van der Waals surface area contributed by atoms with Gasteiger partial charge in [0.05, 0.1) is 10.2 Å². The lowest BCUT2D eigenvalue weighted by atomic mass is 9.83. The number of hydrogen-bond acceptors (Lipinski definition) is 3. The van der Waals surface area contributed by atoms with E-state index >= 15 is 0 Å². The lowest BCUT2D eigenvalue weighted by molar-refractivity contribution is 0.581. The van der Waals surface area contributed by atoms with Crippen molar-refractivity contribution < 1.29 is 0 Å². The molecule has 21 heavy (non-hydrogen) atoms. The first-order chi connectivity index (χ1) is 9.87.